The summed E-state index contributed by atoms with van der Waals surface area (Å²) in [5.74, 6) is 0.312. The zero-order chi connectivity index (χ0) is 14.8. The maximum atomic E-state index is 9.49. The minimum atomic E-state index is 0.156. The fourth-order valence-corrected chi connectivity index (χ4v) is 2.43. The average molecular weight is 282 g/mol. The molecule has 4 heteroatoms. The molecular weight excluding hydrogens is 252 g/mol. The Morgan fingerprint density at radius 1 is 0.800 bits per heavy atom. The molecule has 1 rings (SSSR count). The maximum Gasteiger partial charge on any atom is 0.193 e. The molecule has 0 aliphatic rings. The predicted molar refractivity (Wildman–Crippen MR) is 83.3 cm³/mol. The fourth-order valence-electron chi connectivity index (χ4n) is 2.43. The van der Waals surface area contributed by atoms with Crippen molar-refractivity contribution >= 4 is 0 Å². The van der Waals surface area contributed by atoms with Crippen LogP contribution in [-0.2, 0) is 6.54 Å². The van der Waals surface area contributed by atoms with Crippen LogP contribution in [0.25, 0.3) is 0 Å². The molecule has 116 valence electrons. The summed E-state index contributed by atoms with van der Waals surface area (Å²) in [5, 5.41) is 19.0. The molecule has 0 saturated heterocycles. The molecule has 0 amide bonds. The van der Waals surface area contributed by atoms with E-state index in [1.807, 2.05) is 0 Å². The van der Waals surface area contributed by atoms with Gasteiger partial charge in [-0.1, -0.05) is 38.5 Å². The highest BCUT2D eigenvalue weighted by molar-refractivity contribution is 5.23. The number of aromatic hydroxyl groups is 2. The monoisotopic (exact) mass is 282 g/mol. The molecule has 0 aliphatic carbocycles. The van der Waals surface area contributed by atoms with E-state index in [0.29, 0.717) is 6.54 Å². The molecule has 0 unspecified atom stereocenters. The summed E-state index contributed by atoms with van der Waals surface area (Å²) in [6.07, 6.45) is 10.0. The fraction of sp³-hybridized carbons (Fsp3) is 0.750. The van der Waals surface area contributed by atoms with Crippen molar-refractivity contribution in [1.29, 1.82) is 0 Å². The molecule has 1 heterocycles. The van der Waals surface area contributed by atoms with Crippen molar-refractivity contribution in [1.82, 2.24) is 9.47 Å². The minimum Gasteiger partial charge on any atom is -0.494 e. The molecule has 0 fully saturated rings. The van der Waals surface area contributed by atoms with Gasteiger partial charge in [0, 0.05) is 18.7 Å². The second kappa shape index (κ2) is 9.70. The van der Waals surface area contributed by atoms with Gasteiger partial charge < -0.3 is 15.1 Å². The van der Waals surface area contributed by atoms with Gasteiger partial charge in [0.25, 0.3) is 0 Å². The number of hydrogen-bond donors (Lipinski definition) is 2. The largest absolute Gasteiger partial charge is 0.494 e. The van der Waals surface area contributed by atoms with Crippen molar-refractivity contribution in [2.75, 3.05) is 20.6 Å². The van der Waals surface area contributed by atoms with Crippen LogP contribution in [0.1, 0.15) is 51.4 Å². The Morgan fingerprint density at radius 3 is 1.75 bits per heavy atom. The average Bonchev–Trinajstić information content (AvgIpc) is 2.71. The Kier molecular flexibility index (Phi) is 8.19. The molecule has 1 aromatic rings. The molecular formula is C16H30N2O2. The molecule has 20 heavy (non-hydrogen) atoms. The molecule has 4 nitrogen and oxygen atoms in total. The summed E-state index contributed by atoms with van der Waals surface area (Å²) in [7, 11) is 4.25. The van der Waals surface area contributed by atoms with Crippen LogP contribution in [0.3, 0.4) is 0 Å². The lowest BCUT2D eigenvalue weighted by Crippen LogP contribution is -2.12. The Morgan fingerprint density at radius 2 is 1.25 bits per heavy atom. The summed E-state index contributed by atoms with van der Waals surface area (Å²) in [5.41, 5.74) is 0. The van der Waals surface area contributed by atoms with E-state index in [1.54, 1.807) is 4.57 Å². The predicted octanol–water partition coefficient (Wildman–Crippen LogP) is 3.58. The van der Waals surface area contributed by atoms with Gasteiger partial charge in [0.2, 0.25) is 0 Å². The number of unbranched alkanes of at least 4 members (excludes halogenated alkanes) is 7. The molecule has 0 radical (unpaired) electrons. The number of rotatable bonds is 11. The lowest BCUT2D eigenvalue weighted by molar-refractivity contribution is 0.361. The lowest BCUT2D eigenvalue weighted by atomic mass is 10.1. The smallest absolute Gasteiger partial charge is 0.193 e. The highest BCUT2D eigenvalue weighted by Gasteiger charge is 2.04. The first-order valence-corrected chi connectivity index (χ1v) is 7.83. The van der Waals surface area contributed by atoms with Gasteiger partial charge in [-0.25, -0.2) is 0 Å². The lowest BCUT2D eigenvalue weighted by Gasteiger charge is -2.08. The molecule has 0 atom stereocenters. The first kappa shape index (κ1) is 16.9. The number of hydrogen-bond acceptors (Lipinski definition) is 3. The standard InChI is InChI=1S/C16H30N2O2/c1-17(2)13-9-7-5-3-4-6-8-10-14-18-15(19)11-12-16(18)20/h11-12,19-20H,3-10,13-14H2,1-2H3. The van der Waals surface area contributed by atoms with Crippen LogP contribution in [0.15, 0.2) is 12.1 Å². The van der Waals surface area contributed by atoms with Gasteiger partial charge in [-0.15, -0.1) is 0 Å². The van der Waals surface area contributed by atoms with Crippen molar-refractivity contribution in [2.45, 2.75) is 57.9 Å². The molecule has 0 spiro atoms. The van der Waals surface area contributed by atoms with E-state index in [-0.39, 0.29) is 11.8 Å². The SMILES string of the molecule is CN(C)CCCCCCCCCCn1c(O)ccc1O. The van der Waals surface area contributed by atoms with E-state index in [9.17, 15) is 10.2 Å². The third kappa shape index (κ3) is 6.85. The molecule has 0 bridgehead atoms. The van der Waals surface area contributed by atoms with E-state index in [4.69, 9.17) is 0 Å². The van der Waals surface area contributed by atoms with Crippen molar-refractivity contribution < 1.29 is 10.2 Å². The van der Waals surface area contributed by atoms with Gasteiger partial charge in [0.05, 0.1) is 0 Å². The summed E-state index contributed by atoms with van der Waals surface area (Å²) in [6, 6.07) is 3.06. The third-order valence-corrected chi connectivity index (χ3v) is 3.67. The second-order valence-electron chi connectivity index (χ2n) is 5.83. The maximum absolute atomic E-state index is 9.49. The van der Waals surface area contributed by atoms with E-state index >= 15 is 0 Å². The van der Waals surface area contributed by atoms with E-state index in [1.165, 1.54) is 57.2 Å². The Bertz CT molecular complexity index is 342. The normalized spacial score (nSPS) is 11.3. The molecule has 0 aromatic carbocycles. The number of nitrogens with zero attached hydrogens (tertiary/aromatic N) is 2. The Labute approximate surface area is 123 Å². The molecule has 1 aromatic heterocycles. The first-order chi connectivity index (χ1) is 9.61. The van der Waals surface area contributed by atoms with Crippen LogP contribution in [0, 0.1) is 0 Å². The Hall–Kier alpha value is -1.16. The van der Waals surface area contributed by atoms with Crippen molar-refractivity contribution in [3.63, 3.8) is 0 Å². The third-order valence-electron chi connectivity index (χ3n) is 3.67. The van der Waals surface area contributed by atoms with Crippen molar-refractivity contribution in [3.8, 4) is 11.8 Å². The van der Waals surface area contributed by atoms with Crippen LogP contribution in [0.2, 0.25) is 0 Å². The second-order valence-corrected chi connectivity index (χ2v) is 5.83. The van der Waals surface area contributed by atoms with Gasteiger partial charge in [-0.05, 0) is 33.5 Å². The van der Waals surface area contributed by atoms with Crippen molar-refractivity contribution in [2.24, 2.45) is 0 Å². The Balaban J connectivity index is 1.90. The first-order valence-electron chi connectivity index (χ1n) is 7.83. The van der Waals surface area contributed by atoms with Gasteiger partial charge >= 0.3 is 0 Å². The highest BCUT2D eigenvalue weighted by Crippen LogP contribution is 2.21. The zero-order valence-corrected chi connectivity index (χ0v) is 13.0. The number of aromatic nitrogens is 1. The summed E-state index contributed by atoms with van der Waals surface area (Å²) >= 11 is 0. The molecule has 2 N–H and O–H groups in total. The van der Waals surface area contributed by atoms with Crippen LogP contribution in [0.4, 0.5) is 0 Å². The van der Waals surface area contributed by atoms with Gasteiger partial charge in [-0.2, -0.15) is 0 Å². The van der Waals surface area contributed by atoms with Crippen molar-refractivity contribution in [3.05, 3.63) is 12.1 Å². The van der Waals surface area contributed by atoms with E-state index in [0.717, 1.165) is 12.8 Å². The van der Waals surface area contributed by atoms with Crippen LogP contribution in [-0.4, -0.2) is 40.3 Å². The summed E-state index contributed by atoms with van der Waals surface area (Å²) < 4.78 is 1.56. The van der Waals surface area contributed by atoms with Gasteiger partial charge in [-0.3, -0.25) is 4.57 Å². The quantitative estimate of drug-likeness (QED) is 0.610. The van der Waals surface area contributed by atoms with E-state index < -0.39 is 0 Å². The molecule has 0 aliphatic heterocycles. The zero-order valence-electron chi connectivity index (χ0n) is 13.0. The van der Waals surface area contributed by atoms with Crippen LogP contribution in [0.5, 0.6) is 11.8 Å². The topological polar surface area (TPSA) is 48.6 Å². The van der Waals surface area contributed by atoms with Crippen LogP contribution >= 0.6 is 0 Å². The molecule has 0 saturated carbocycles. The van der Waals surface area contributed by atoms with E-state index in [2.05, 4.69) is 19.0 Å². The summed E-state index contributed by atoms with van der Waals surface area (Å²) in [6.45, 7) is 1.90. The van der Waals surface area contributed by atoms with Gasteiger partial charge in [0.15, 0.2) is 11.8 Å². The highest BCUT2D eigenvalue weighted by atomic mass is 16.3. The summed E-state index contributed by atoms with van der Waals surface area (Å²) in [4.78, 5) is 2.24. The van der Waals surface area contributed by atoms with Gasteiger partial charge in [0.1, 0.15) is 0 Å². The minimum absolute atomic E-state index is 0.156. The van der Waals surface area contributed by atoms with Crippen LogP contribution < -0.4 is 0 Å².